The SMILES string of the molecule is COc1ccc(CCNCCCC(=O)O)c(OC)c1. The van der Waals surface area contributed by atoms with Crippen molar-refractivity contribution in [2.75, 3.05) is 27.3 Å². The number of rotatable bonds is 9. The van der Waals surface area contributed by atoms with Crippen LogP contribution < -0.4 is 14.8 Å². The monoisotopic (exact) mass is 267 g/mol. The fourth-order valence-corrected chi connectivity index (χ4v) is 1.77. The summed E-state index contributed by atoms with van der Waals surface area (Å²) in [5.74, 6) is 0.834. The highest BCUT2D eigenvalue weighted by molar-refractivity contribution is 5.66. The van der Waals surface area contributed by atoms with Crippen molar-refractivity contribution in [3.63, 3.8) is 0 Å². The number of aliphatic carboxylic acids is 1. The summed E-state index contributed by atoms with van der Waals surface area (Å²) in [4.78, 5) is 10.3. The Bertz CT molecular complexity index is 406. The van der Waals surface area contributed by atoms with Crippen LogP contribution in [0.1, 0.15) is 18.4 Å². The maximum Gasteiger partial charge on any atom is 0.303 e. The summed E-state index contributed by atoms with van der Waals surface area (Å²) in [5, 5.41) is 11.7. The summed E-state index contributed by atoms with van der Waals surface area (Å²) in [6.07, 6.45) is 1.69. The summed E-state index contributed by atoms with van der Waals surface area (Å²) >= 11 is 0. The number of methoxy groups -OCH3 is 2. The summed E-state index contributed by atoms with van der Waals surface area (Å²) in [7, 11) is 3.26. The number of hydrogen-bond acceptors (Lipinski definition) is 4. The first kappa shape index (κ1) is 15.3. The van der Waals surface area contributed by atoms with Gasteiger partial charge in [0.1, 0.15) is 11.5 Å². The molecule has 0 aliphatic heterocycles. The van der Waals surface area contributed by atoms with Gasteiger partial charge in [-0.15, -0.1) is 0 Å². The van der Waals surface area contributed by atoms with E-state index in [-0.39, 0.29) is 6.42 Å². The van der Waals surface area contributed by atoms with E-state index in [2.05, 4.69) is 5.32 Å². The predicted octanol–water partition coefficient (Wildman–Crippen LogP) is 1.70. The van der Waals surface area contributed by atoms with Crippen molar-refractivity contribution in [2.24, 2.45) is 0 Å². The first-order valence-corrected chi connectivity index (χ1v) is 6.30. The van der Waals surface area contributed by atoms with Crippen molar-refractivity contribution < 1.29 is 19.4 Å². The second-order valence-corrected chi connectivity index (χ2v) is 4.18. The van der Waals surface area contributed by atoms with Gasteiger partial charge in [-0.1, -0.05) is 6.07 Å². The van der Waals surface area contributed by atoms with Gasteiger partial charge in [0, 0.05) is 12.5 Å². The molecular weight excluding hydrogens is 246 g/mol. The minimum absolute atomic E-state index is 0.207. The zero-order valence-corrected chi connectivity index (χ0v) is 11.4. The number of hydrogen-bond donors (Lipinski definition) is 2. The number of benzene rings is 1. The second kappa shape index (κ2) is 8.37. The molecule has 0 heterocycles. The van der Waals surface area contributed by atoms with E-state index in [1.807, 2.05) is 18.2 Å². The molecule has 0 unspecified atom stereocenters. The molecule has 0 spiro atoms. The van der Waals surface area contributed by atoms with Crippen LogP contribution in [0.25, 0.3) is 0 Å². The molecule has 106 valence electrons. The second-order valence-electron chi connectivity index (χ2n) is 4.18. The molecule has 2 N–H and O–H groups in total. The molecule has 0 saturated carbocycles. The highest BCUT2D eigenvalue weighted by Crippen LogP contribution is 2.24. The topological polar surface area (TPSA) is 67.8 Å². The van der Waals surface area contributed by atoms with Gasteiger partial charge >= 0.3 is 5.97 Å². The summed E-state index contributed by atoms with van der Waals surface area (Å²) in [5.41, 5.74) is 1.11. The normalized spacial score (nSPS) is 10.2. The van der Waals surface area contributed by atoms with Gasteiger partial charge in [-0.05, 0) is 37.6 Å². The largest absolute Gasteiger partial charge is 0.497 e. The Labute approximate surface area is 113 Å². The molecule has 0 fully saturated rings. The van der Waals surface area contributed by atoms with Crippen molar-refractivity contribution in [2.45, 2.75) is 19.3 Å². The van der Waals surface area contributed by atoms with Gasteiger partial charge in [-0.2, -0.15) is 0 Å². The Morgan fingerprint density at radius 2 is 2.05 bits per heavy atom. The van der Waals surface area contributed by atoms with E-state index in [9.17, 15) is 4.79 Å². The first-order valence-electron chi connectivity index (χ1n) is 6.30. The molecule has 0 bridgehead atoms. The smallest absolute Gasteiger partial charge is 0.303 e. The quantitative estimate of drug-likeness (QED) is 0.667. The van der Waals surface area contributed by atoms with Gasteiger partial charge in [0.05, 0.1) is 14.2 Å². The molecule has 0 radical (unpaired) electrons. The van der Waals surface area contributed by atoms with E-state index in [1.165, 1.54) is 0 Å². The van der Waals surface area contributed by atoms with Crippen LogP contribution in [0.4, 0.5) is 0 Å². The van der Waals surface area contributed by atoms with Gasteiger partial charge in [0.15, 0.2) is 0 Å². The van der Waals surface area contributed by atoms with Crippen molar-refractivity contribution in [1.82, 2.24) is 5.32 Å². The first-order chi connectivity index (χ1) is 9.17. The van der Waals surface area contributed by atoms with Crippen LogP contribution in [0.2, 0.25) is 0 Å². The number of nitrogens with one attached hydrogen (secondary N) is 1. The van der Waals surface area contributed by atoms with E-state index in [4.69, 9.17) is 14.6 Å². The zero-order chi connectivity index (χ0) is 14.1. The zero-order valence-electron chi connectivity index (χ0n) is 11.4. The van der Waals surface area contributed by atoms with Crippen molar-refractivity contribution in [1.29, 1.82) is 0 Å². The van der Waals surface area contributed by atoms with Crippen molar-refractivity contribution in [3.05, 3.63) is 23.8 Å². The molecule has 0 amide bonds. The van der Waals surface area contributed by atoms with Crippen LogP contribution in [-0.2, 0) is 11.2 Å². The van der Waals surface area contributed by atoms with E-state index in [1.54, 1.807) is 14.2 Å². The van der Waals surface area contributed by atoms with Gasteiger partial charge < -0.3 is 19.9 Å². The number of carboxylic acid groups (broad SMARTS) is 1. The molecule has 5 heteroatoms. The van der Waals surface area contributed by atoms with E-state index < -0.39 is 5.97 Å². The van der Waals surface area contributed by atoms with Gasteiger partial charge in [-0.25, -0.2) is 0 Å². The average Bonchev–Trinajstić information content (AvgIpc) is 2.42. The van der Waals surface area contributed by atoms with Crippen LogP contribution in [-0.4, -0.2) is 38.4 Å². The predicted molar refractivity (Wildman–Crippen MR) is 73.0 cm³/mol. The Balaban J connectivity index is 2.34. The highest BCUT2D eigenvalue weighted by atomic mass is 16.5. The third-order valence-corrected chi connectivity index (χ3v) is 2.81. The number of ether oxygens (including phenoxy) is 2. The third-order valence-electron chi connectivity index (χ3n) is 2.81. The van der Waals surface area contributed by atoms with Crippen LogP contribution in [0.5, 0.6) is 11.5 Å². The lowest BCUT2D eigenvalue weighted by molar-refractivity contribution is -0.137. The fourth-order valence-electron chi connectivity index (χ4n) is 1.77. The van der Waals surface area contributed by atoms with Crippen LogP contribution in [0.15, 0.2) is 18.2 Å². The lowest BCUT2D eigenvalue weighted by Crippen LogP contribution is -2.19. The molecule has 0 aromatic heterocycles. The van der Waals surface area contributed by atoms with Crippen LogP contribution in [0.3, 0.4) is 0 Å². The lowest BCUT2D eigenvalue weighted by atomic mass is 10.1. The molecule has 19 heavy (non-hydrogen) atoms. The highest BCUT2D eigenvalue weighted by Gasteiger charge is 2.04. The number of carbonyl (C=O) groups is 1. The maximum absolute atomic E-state index is 10.3. The molecular formula is C14H21NO4. The summed E-state index contributed by atoms with van der Waals surface area (Å²) < 4.78 is 10.5. The molecule has 1 aromatic carbocycles. The molecule has 0 aliphatic rings. The molecule has 0 saturated heterocycles. The van der Waals surface area contributed by atoms with Gasteiger partial charge in [-0.3, -0.25) is 4.79 Å². The molecule has 1 rings (SSSR count). The molecule has 0 aliphatic carbocycles. The van der Waals surface area contributed by atoms with Crippen molar-refractivity contribution >= 4 is 5.97 Å². The standard InChI is InChI=1S/C14H21NO4/c1-18-12-6-5-11(13(10-12)19-2)7-9-15-8-3-4-14(16)17/h5-6,10,15H,3-4,7-9H2,1-2H3,(H,16,17). The fraction of sp³-hybridized carbons (Fsp3) is 0.500. The minimum atomic E-state index is -0.751. The average molecular weight is 267 g/mol. The molecule has 5 nitrogen and oxygen atoms in total. The van der Waals surface area contributed by atoms with Crippen LogP contribution >= 0.6 is 0 Å². The third kappa shape index (κ3) is 5.61. The van der Waals surface area contributed by atoms with E-state index in [0.29, 0.717) is 13.0 Å². The summed E-state index contributed by atoms with van der Waals surface area (Å²) in [6.45, 7) is 1.51. The van der Waals surface area contributed by atoms with Crippen LogP contribution in [0, 0.1) is 0 Å². The Morgan fingerprint density at radius 1 is 1.26 bits per heavy atom. The molecule has 1 aromatic rings. The Kier molecular flexibility index (Phi) is 6.74. The van der Waals surface area contributed by atoms with Gasteiger partial charge in [0.25, 0.3) is 0 Å². The lowest BCUT2D eigenvalue weighted by Gasteiger charge is -2.10. The number of carboxylic acids is 1. The minimum Gasteiger partial charge on any atom is -0.497 e. The van der Waals surface area contributed by atoms with Crippen molar-refractivity contribution in [3.8, 4) is 11.5 Å². The van der Waals surface area contributed by atoms with E-state index >= 15 is 0 Å². The summed E-state index contributed by atoms with van der Waals surface area (Å²) in [6, 6.07) is 5.75. The Hall–Kier alpha value is -1.75. The molecule has 0 atom stereocenters. The van der Waals surface area contributed by atoms with Gasteiger partial charge in [0.2, 0.25) is 0 Å². The van der Waals surface area contributed by atoms with E-state index in [0.717, 1.165) is 30.0 Å². The maximum atomic E-state index is 10.3. The Morgan fingerprint density at radius 3 is 2.68 bits per heavy atom.